The minimum atomic E-state index is -0.705. The molecule has 36 heavy (non-hydrogen) atoms. The van der Waals surface area contributed by atoms with E-state index >= 15 is 0 Å². The van der Waals surface area contributed by atoms with Crippen LogP contribution in [0.15, 0.2) is 97.1 Å². The number of aryl methyl sites for hydroxylation is 2. The van der Waals surface area contributed by atoms with E-state index in [9.17, 15) is 9.59 Å². The van der Waals surface area contributed by atoms with E-state index in [1.165, 1.54) is 0 Å². The van der Waals surface area contributed by atoms with Crippen molar-refractivity contribution in [2.24, 2.45) is 0 Å². The molecule has 0 fully saturated rings. The average Bonchev–Trinajstić information content (AvgIpc) is 2.90. The summed E-state index contributed by atoms with van der Waals surface area (Å²) in [4.78, 5) is 26.1. The van der Waals surface area contributed by atoms with Crippen LogP contribution in [0.3, 0.4) is 0 Å². The highest BCUT2D eigenvalue weighted by atomic mass is 16.5. The van der Waals surface area contributed by atoms with Crippen LogP contribution in [0, 0.1) is 13.8 Å². The van der Waals surface area contributed by atoms with Crippen molar-refractivity contribution in [1.29, 1.82) is 0 Å². The van der Waals surface area contributed by atoms with Gasteiger partial charge in [-0.1, -0.05) is 67.6 Å². The van der Waals surface area contributed by atoms with Gasteiger partial charge in [0.25, 0.3) is 11.8 Å². The molecule has 0 saturated carbocycles. The first kappa shape index (κ1) is 24.7. The van der Waals surface area contributed by atoms with Gasteiger partial charge in [0.05, 0.1) is 11.3 Å². The Balaban J connectivity index is 1.44. The van der Waals surface area contributed by atoms with Gasteiger partial charge >= 0.3 is 0 Å². The Bertz CT molecular complexity index is 1350. The topological polar surface area (TPSA) is 67.4 Å². The minimum Gasteiger partial charge on any atom is -0.481 e. The predicted molar refractivity (Wildman–Crippen MR) is 146 cm³/mol. The maximum absolute atomic E-state index is 13.1. The van der Waals surface area contributed by atoms with Crippen LogP contribution in [0.25, 0.3) is 11.1 Å². The maximum Gasteiger partial charge on any atom is 0.265 e. The lowest BCUT2D eigenvalue weighted by atomic mass is 10.1. The molecule has 0 spiro atoms. The van der Waals surface area contributed by atoms with Crippen LogP contribution in [0.5, 0.6) is 5.75 Å². The van der Waals surface area contributed by atoms with Crippen LogP contribution in [-0.4, -0.2) is 17.9 Å². The first-order valence-electron chi connectivity index (χ1n) is 12.0. The van der Waals surface area contributed by atoms with E-state index in [0.29, 0.717) is 29.1 Å². The highest BCUT2D eigenvalue weighted by molar-refractivity contribution is 6.10. The molecule has 0 aliphatic rings. The second-order valence-corrected chi connectivity index (χ2v) is 8.69. The van der Waals surface area contributed by atoms with Crippen LogP contribution < -0.4 is 15.4 Å². The molecule has 5 heteroatoms. The number of para-hydroxylation sites is 1. The van der Waals surface area contributed by atoms with Crippen LogP contribution in [0.1, 0.15) is 34.8 Å². The molecule has 4 aromatic rings. The van der Waals surface area contributed by atoms with Gasteiger partial charge in [-0.05, 0) is 78.9 Å². The fraction of sp³-hybridized carbons (Fsp3) is 0.161. The second kappa shape index (κ2) is 11.4. The summed E-state index contributed by atoms with van der Waals surface area (Å²) in [5, 5.41) is 5.80. The Labute approximate surface area is 212 Å². The van der Waals surface area contributed by atoms with Crippen LogP contribution in [-0.2, 0) is 4.79 Å². The molecule has 4 rings (SSSR count). The number of hydrogen-bond donors (Lipinski definition) is 2. The number of nitrogens with one attached hydrogen (secondary N) is 2. The summed E-state index contributed by atoms with van der Waals surface area (Å²) < 4.78 is 6.00. The van der Waals surface area contributed by atoms with Gasteiger partial charge in [0, 0.05) is 5.69 Å². The number of carbonyl (C=O) groups is 2. The number of rotatable bonds is 8. The first-order chi connectivity index (χ1) is 17.4. The minimum absolute atomic E-state index is 0.292. The van der Waals surface area contributed by atoms with Crippen LogP contribution in [0.2, 0.25) is 0 Å². The highest BCUT2D eigenvalue weighted by Crippen LogP contribution is 2.24. The molecule has 0 aliphatic carbocycles. The van der Waals surface area contributed by atoms with Gasteiger partial charge in [0.15, 0.2) is 6.10 Å². The van der Waals surface area contributed by atoms with Crippen molar-refractivity contribution in [2.45, 2.75) is 33.3 Å². The van der Waals surface area contributed by atoms with Crippen molar-refractivity contribution in [3.05, 3.63) is 114 Å². The Morgan fingerprint density at radius 2 is 1.42 bits per heavy atom. The van der Waals surface area contributed by atoms with E-state index in [-0.39, 0.29) is 11.8 Å². The molecule has 0 saturated heterocycles. The number of benzene rings is 4. The van der Waals surface area contributed by atoms with Crippen molar-refractivity contribution < 1.29 is 14.3 Å². The van der Waals surface area contributed by atoms with E-state index in [1.807, 2.05) is 93.6 Å². The molecule has 182 valence electrons. The molecule has 0 bridgehead atoms. The zero-order valence-electron chi connectivity index (χ0n) is 20.7. The third-order valence-corrected chi connectivity index (χ3v) is 6.10. The monoisotopic (exact) mass is 478 g/mol. The van der Waals surface area contributed by atoms with Crippen molar-refractivity contribution in [2.75, 3.05) is 10.6 Å². The first-order valence-corrected chi connectivity index (χ1v) is 12.0. The van der Waals surface area contributed by atoms with Crippen molar-refractivity contribution in [3.8, 4) is 16.9 Å². The number of ether oxygens (including phenoxy) is 1. The number of hydrogen-bond acceptors (Lipinski definition) is 3. The molecular weight excluding hydrogens is 448 g/mol. The van der Waals surface area contributed by atoms with Crippen molar-refractivity contribution >= 4 is 23.2 Å². The molecule has 4 aromatic carbocycles. The van der Waals surface area contributed by atoms with E-state index in [1.54, 1.807) is 24.3 Å². The van der Waals surface area contributed by atoms with E-state index < -0.39 is 6.10 Å². The molecule has 5 nitrogen and oxygen atoms in total. The number of amides is 2. The quantitative estimate of drug-likeness (QED) is 0.286. The maximum atomic E-state index is 13.1. The lowest BCUT2D eigenvalue weighted by molar-refractivity contribution is -0.122. The Morgan fingerprint density at radius 3 is 2.11 bits per heavy atom. The van der Waals surface area contributed by atoms with E-state index in [2.05, 4.69) is 10.6 Å². The Kier molecular flexibility index (Phi) is 7.81. The molecule has 2 amide bonds. The van der Waals surface area contributed by atoms with Gasteiger partial charge in [-0.3, -0.25) is 9.59 Å². The molecular formula is C31H30N2O3. The SMILES string of the molecule is CCC(Oc1ccc(-c2ccccc2)cc1)C(=O)Nc1ccccc1C(=O)Nc1ccc(C)c(C)c1. The van der Waals surface area contributed by atoms with Gasteiger partial charge in [0.1, 0.15) is 5.75 Å². The lowest BCUT2D eigenvalue weighted by Gasteiger charge is -2.19. The van der Waals surface area contributed by atoms with Crippen LogP contribution in [0.4, 0.5) is 11.4 Å². The number of anilines is 2. The Hall–Kier alpha value is -4.38. The molecule has 0 radical (unpaired) electrons. The van der Waals surface area contributed by atoms with Gasteiger partial charge in [-0.15, -0.1) is 0 Å². The molecule has 2 N–H and O–H groups in total. The van der Waals surface area contributed by atoms with E-state index in [4.69, 9.17) is 4.74 Å². The average molecular weight is 479 g/mol. The fourth-order valence-electron chi connectivity index (χ4n) is 3.86. The largest absolute Gasteiger partial charge is 0.481 e. The summed E-state index contributed by atoms with van der Waals surface area (Å²) in [6, 6.07) is 30.5. The zero-order valence-corrected chi connectivity index (χ0v) is 20.7. The second-order valence-electron chi connectivity index (χ2n) is 8.69. The van der Waals surface area contributed by atoms with Gasteiger partial charge in [-0.25, -0.2) is 0 Å². The number of carbonyl (C=O) groups excluding carboxylic acids is 2. The summed E-state index contributed by atoms with van der Waals surface area (Å²) in [5.74, 6) is 0.00753. The lowest BCUT2D eigenvalue weighted by Crippen LogP contribution is -2.33. The predicted octanol–water partition coefficient (Wildman–Crippen LogP) is 7.02. The summed E-state index contributed by atoms with van der Waals surface area (Å²) in [6.45, 7) is 5.91. The van der Waals surface area contributed by atoms with Crippen LogP contribution >= 0.6 is 0 Å². The molecule has 1 unspecified atom stereocenters. The summed E-state index contributed by atoms with van der Waals surface area (Å²) in [6.07, 6.45) is -0.230. The van der Waals surface area contributed by atoms with Gasteiger partial charge in [-0.2, -0.15) is 0 Å². The third-order valence-electron chi connectivity index (χ3n) is 6.10. The van der Waals surface area contributed by atoms with Crippen molar-refractivity contribution in [1.82, 2.24) is 0 Å². The molecule has 0 heterocycles. The highest BCUT2D eigenvalue weighted by Gasteiger charge is 2.21. The standard InChI is InChI=1S/C31H30N2O3/c1-4-29(36-26-18-15-24(16-19-26)23-10-6-5-7-11-23)31(35)33-28-13-9-8-12-27(28)30(34)32-25-17-14-21(2)22(3)20-25/h5-20,29H,4H2,1-3H3,(H,32,34)(H,33,35). The third kappa shape index (κ3) is 5.99. The van der Waals surface area contributed by atoms with Gasteiger partial charge < -0.3 is 15.4 Å². The van der Waals surface area contributed by atoms with E-state index in [0.717, 1.165) is 22.3 Å². The summed E-state index contributed by atoms with van der Waals surface area (Å²) in [5.41, 5.74) is 5.96. The van der Waals surface area contributed by atoms with Gasteiger partial charge in [0.2, 0.25) is 0 Å². The van der Waals surface area contributed by atoms with Crippen molar-refractivity contribution in [3.63, 3.8) is 0 Å². The summed E-state index contributed by atoms with van der Waals surface area (Å²) in [7, 11) is 0. The molecule has 0 aliphatic heterocycles. The fourth-order valence-corrected chi connectivity index (χ4v) is 3.86. The smallest absolute Gasteiger partial charge is 0.265 e. The zero-order chi connectivity index (χ0) is 25.5. The molecule has 0 aromatic heterocycles. The normalized spacial score (nSPS) is 11.4. The molecule has 1 atom stereocenters. The summed E-state index contributed by atoms with van der Waals surface area (Å²) >= 11 is 0. The Morgan fingerprint density at radius 1 is 0.750 bits per heavy atom.